The van der Waals surface area contributed by atoms with Crippen molar-refractivity contribution >= 4 is 40.8 Å². The molecule has 0 aliphatic carbocycles. The summed E-state index contributed by atoms with van der Waals surface area (Å²) in [6.45, 7) is 5.76. The number of para-hydroxylation sites is 1. The van der Waals surface area contributed by atoms with Gasteiger partial charge in [0.15, 0.2) is 5.76 Å². The third-order valence-corrected chi connectivity index (χ3v) is 7.65. The van der Waals surface area contributed by atoms with Crippen LogP contribution in [0.5, 0.6) is 0 Å². The van der Waals surface area contributed by atoms with Gasteiger partial charge < -0.3 is 24.9 Å². The van der Waals surface area contributed by atoms with Gasteiger partial charge >= 0.3 is 0 Å². The number of benzene rings is 3. The Labute approximate surface area is 245 Å². The maximum absolute atomic E-state index is 13.2. The maximum atomic E-state index is 13.2. The largest absolute Gasteiger partial charge is 0.459 e. The highest BCUT2D eigenvalue weighted by Crippen LogP contribution is 2.31. The van der Waals surface area contributed by atoms with Crippen molar-refractivity contribution in [3.63, 3.8) is 0 Å². The molecule has 1 fully saturated rings. The quantitative estimate of drug-likeness (QED) is 0.280. The molecule has 212 valence electrons. The van der Waals surface area contributed by atoms with E-state index in [4.69, 9.17) is 4.42 Å². The SMILES string of the molecule is Cc1ccccc1N1CCN(c2ccc(C(=O)NCc3cccc(C4=CCC=N4)c3)cc2NC(=O)c2ccco2)CC1. The summed E-state index contributed by atoms with van der Waals surface area (Å²) in [5, 5.41) is 6.00. The molecule has 0 atom stereocenters. The predicted molar refractivity (Wildman–Crippen MR) is 167 cm³/mol. The van der Waals surface area contributed by atoms with E-state index in [1.807, 2.05) is 42.6 Å². The summed E-state index contributed by atoms with van der Waals surface area (Å²) >= 11 is 0. The molecule has 6 rings (SSSR count). The van der Waals surface area contributed by atoms with E-state index >= 15 is 0 Å². The maximum Gasteiger partial charge on any atom is 0.291 e. The average Bonchev–Trinajstić information content (AvgIpc) is 3.76. The molecule has 0 radical (unpaired) electrons. The molecule has 4 aromatic rings. The topological polar surface area (TPSA) is 90.2 Å². The lowest BCUT2D eigenvalue weighted by atomic mass is 10.1. The first-order chi connectivity index (χ1) is 20.5. The molecule has 8 heteroatoms. The van der Waals surface area contributed by atoms with Gasteiger partial charge in [0, 0.05) is 62.2 Å². The van der Waals surface area contributed by atoms with Gasteiger partial charge in [0.05, 0.1) is 23.3 Å². The Balaban J connectivity index is 1.19. The van der Waals surface area contributed by atoms with E-state index in [1.165, 1.54) is 17.5 Å². The van der Waals surface area contributed by atoms with Crippen molar-refractivity contribution in [1.29, 1.82) is 0 Å². The summed E-state index contributed by atoms with van der Waals surface area (Å²) in [7, 11) is 0. The van der Waals surface area contributed by atoms with Crippen molar-refractivity contribution in [3.05, 3.63) is 119 Å². The van der Waals surface area contributed by atoms with Crippen molar-refractivity contribution in [2.75, 3.05) is 41.3 Å². The number of hydrogen-bond acceptors (Lipinski definition) is 6. The smallest absolute Gasteiger partial charge is 0.291 e. The third kappa shape index (κ3) is 5.98. The van der Waals surface area contributed by atoms with Crippen LogP contribution in [-0.2, 0) is 6.54 Å². The molecule has 2 N–H and O–H groups in total. The Hall–Kier alpha value is -5.11. The Morgan fingerprint density at radius 2 is 1.67 bits per heavy atom. The van der Waals surface area contributed by atoms with E-state index in [1.54, 1.807) is 18.2 Å². The first kappa shape index (κ1) is 27.1. The first-order valence-corrected chi connectivity index (χ1v) is 14.2. The van der Waals surface area contributed by atoms with E-state index in [0.29, 0.717) is 17.8 Å². The fourth-order valence-electron chi connectivity index (χ4n) is 5.44. The predicted octanol–water partition coefficient (Wildman–Crippen LogP) is 5.91. The number of rotatable bonds is 8. The van der Waals surface area contributed by atoms with Crippen LogP contribution >= 0.6 is 0 Å². The van der Waals surface area contributed by atoms with Crippen LogP contribution < -0.4 is 20.4 Å². The summed E-state index contributed by atoms with van der Waals surface area (Å²) in [4.78, 5) is 35.3. The monoisotopic (exact) mass is 559 g/mol. The first-order valence-electron chi connectivity index (χ1n) is 14.2. The summed E-state index contributed by atoms with van der Waals surface area (Å²) < 4.78 is 5.31. The number of hydrogen-bond donors (Lipinski definition) is 2. The number of aliphatic imine (C=N–C) groups is 1. The number of piperazine rings is 1. The molecule has 3 heterocycles. The molecule has 2 aliphatic rings. The molecule has 0 bridgehead atoms. The molecule has 3 aromatic carbocycles. The molecular weight excluding hydrogens is 526 g/mol. The molecule has 0 spiro atoms. The summed E-state index contributed by atoms with van der Waals surface area (Å²) in [6, 6.07) is 25.2. The molecule has 1 aromatic heterocycles. The summed E-state index contributed by atoms with van der Waals surface area (Å²) in [5.41, 5.74) is 7.37. The Morgan fingerprint density at radius 1 is 0.857 bits per heavy atom. The van der Waals surface area contributed by atoms with Gasteiger partial charge in [0.1, 0.15) is 0 Å². The second-order valence-electron chi connectivity index (χ2n) is 10.4. The fraction of sp³-hybridized carbons (Fsp3) is 0.206. The number of allylic oxidation sites excluding steroid dienone is 1. The highest BCUT2D eigenvalue weighted by atomic mass is 16.3. The van der Waals surface area contributed by atoms with Crippen LogP contribution in [0.3, 0.4) is 0 Å². The molecule has 2 aliphatic heterocycles. The minimum Gasteiger partial charge on any atom is -0.459 e. The third-order valence-electron chi connectivity index (χ3n) is 7.65. The van der Waals surface area contributed by atoms with E-state index in [0.717, 1.165) is 55.1 Å². The lowest BCUT2D eigenvalue weighted by molar-refractivity contribution is 0.0949. The number of anilines is 3. The number of furan rings is 1. The van der Waals surface area contributed by atoms with E-state index in [-0.39, 0.29) is 17.6 Å². The van der Waals surface area contributed by atoms with Crippen molar-refractivity contribution in [2.24, 2.45) is 4.99 Å². The van der Waals surface area contributed by atoms with Gasteiger partial charge in [0.25, 0.3) is 11.8 Å². The van der Waals surface area contributed by atoms with Gasteiger partial charge in [0.2, 0.25) is 0 Å². The molecule has 0 unspecified atom stereocenters. The zero-order valence-corrected chi connectivity index (χ0v) is 23.5. The Kier molecular flexibility index (Phi) is 7.85. The normalized spacial score (nSPS) is 14.5. The molecule has 2 amide bonds. The minimum atomic E-state index is -0.363. The second-order valence-corrected chi connectivity index (χ2v) is 10.4. The van der Waals surface area contributed by atoms with E-state index in [2.05, 4.69) is 62.7 Å². The highest BCUT2D eigenvalue weighted by Gasteiger charge is 2.23. The number of nitrogens with zero attached hydrogens (tertiary/aromatic N) is 3. The van der Waals surface area contributed by atoms with Gasteiger partial charge in [-0.2, -0.15) is 0 Å². The average molecular weight is 560 g/mol. The van der Waals surface area contributed by atoms with Crippen LogP contribution in [0.4, 0.5) is 17.1 Å². The lowest BCUT2D eigenvalue weighted by Gasteiger charge is -2.38. The molecule has 0 saturated carbocycles. The van der Waals surface area contributed by atoms with Crippen molar-refractivity contribution in [2.45, 2.75) is 19.9 Å². The van der Waals surface area contributed by atoms with E-state index in [9.17, 15) is 9.59 Å². The molecule has 8 nitrogen and oxygen atoms in total. The summed E-state index contributed by atoms with van der Waals surface area (Å²) in [6.07, 6.45) is 6.28. The van der Waals surface area contributed by atoms with Gasteiger partial charge in [-0.3, -0.25) is 14.6 Å². The standard InChI is InChI=1S/C34H33N5O3/c1-24-7-2-3-11-30(24)38-16-18-39(19-17-38)31-14-13-27(22-29(31)37-34(41)32-12-6-20-42-32)33(40)36-23-25-8-4-9-26(21-25)28-10-5-15-35-28/h2-4,6-15,20-22H,5,16-19,23H2,1H3,(H,36,40)(H,37,41). The second kappa shape index (κ2) is 12.2. The Morgan fingerprint density at radius 3 is 2.40 bits per heavy atom. The number of amides is 2. The van der Waals surface area contributed by atoms with Gasteiger partial charge in [-0.1, -0.05) is 42.5 Å². The van der Waals surface area contributed by atoms with Crippen LogP contribution in [0.15, 0.2) is 101 Å². The van der Waals surface area contributed by atoms with Crippen LogP contribution in [0.2, 0.25) is 0 Å². The van der Waals surface area contributed by atoms with Crippen LogP contribution in [0.25, 0.3) is 5.70 Å². The fourth-order valence-corrected chi connectivity index (χ4v) is 5.44. The number of carbonyl (C=O) groups is 2. The van der Waals surface area contributed by atoms with Crippen molar-refractivity contribution in [1.82, 2.24) is 5.32 Å². The van der Waals surface area contributed by atoms with Crippen molar-refractivity contribution < 1.29 is 14.0 Å². The number of aryl methyl sites for hydroxylation is 1. The number of carbonyl (C=O) groups excluding carboxylic acids is 2. The van der Waals surface area contributed by atoms with Gasteiger partial charge in [-0.15, -0.1) is 0 Å². The highest BCUT2D eigenvalue weighted by molar-refractivity contribution is 6.05. The van der Waals surface area contributed by atoms with Crippen LogP contribution in [-0.4, -0.2) is 44.2 Å². The minimum absolute atomic E-state index is 0.210. The van der Waals surface area contributed by atoms with Gasteiger partial charge in [-0.25, -0.2) is 0 Å². The zero-order valence-electron chi connectivity index (χ0n) is 23.5. The van der Waals surface area contributed by atoms with Gasteiger partial charge in [-0.05, 0) is 60.5 Å². The van der Waals surface area contributed by atoms with E-state index < -0.39 is 0 Å². The van der Waals surface area contributed by atoms with Crippen LogP contribution in [0, 0.1) is 6.92 Å². The van der Waals surface area contributed by atoms with Crippen LogP contribution in [0.1, 0.15) is 44.0 Å². The lowest BCUT2D eigenvalue weighted by Crippen LogP contribution is -2.47. The number of nitrogens with one attached hydrogen (secondary N) is 2. The Bertz CT molecular complexity index is 1650. The molecule has 1 saturated heterocycles. The molecular formula is C34H33N5O3. The molecule has 42 heavy (non-hydrogen) atoms. The van der Waals surface area contributed by atoms with Crippen molar-refractivity contribution in [3.8, 4) is 0 Å². The zero-order chi connectivity index (χ0) is 28.9. The summed E-state index contributed by atoms with van der Waals surface area (Å²) in [5.74, 6) is -0.372.